The third-order valence-corrected chi connectivity index (χ3v) is 7.66. The lowest BCUT2D eigenvalue weighted by Gasteiger charge is -2.15. The molecule has 0 aliphatic carbocycles. The Kier molecular flexibility index (Phi) is 4.55. The number of rotatable bonds is 3. The Morgan fingerprint density at radius 3 is 1.89 bits per heavy atom. The van der Waals surface area contributed by atoms with Crippen LogP contribution in [-0.4, -0.2) is 0 Å². The number of benzene rings is 7. The van der Waals surface area contributed by atoms with E-state index in [9.17, 15) is 0 Å². The molecule has 0 unspecified atom stereocenters. The Hall–Kier alpha value is -5.08. The number of fused-ring (bicyclic) bond motifs is 7. The van der Waals surface area contributed by atoms with Crippen molar-refractivity contribution < 1.29 is 4.42 Å². The lowest BCUT2D eigenvalue weighted by molar-refractivity contribution is 0.670. The molecule has 178 valence electrons. The van der Waals surface area contributed by atoms with Gasteiger partial charge in [0.25, 0.3) is 0 Å². The molecule has 0 fully saturated rings. The zero-order valence-corrected chi connectivity index (χ0v) is 20.6. The second-order valence-electron chi connectivity index (χ2n) is 9.80. The van der Waals surface area contributed by atoms with Crippen LogP contribution in [0.25, 0.3) is 65.4 Å². The molecule has 1 heterocycles. The van der Waals surface area contributed by atoms with Gasteiger partial charge in [-0.25, -0.2) is 0 Å². The van der Waals surface area contributed by atoms with Crippen LogP contribution in [0.3, 0.4) is 0 Å². The maximum absolute atomic E-state index is 6.45. The minimum Gasteiger partial charge on any atom is -0.454 e. The molecule has 1 N–H and O–H groups in total. The monoisotopic (exact) mass is 485 g/mol. The second kappa shape index (κ2) is 8.22. The summed E-state index contributed by atoms with van der Waals surface area (Å²) < 4.78 is 6.45. The molecule has 0 aliphatic heterocycles. The summed E-state index contributed by atoms with van der Waals surface area (Å²) in [5.74, 6) is 0. The fraction of sp³-hybridized carbons (Fsp3) is 0. The summed E-state index contributed by atoms with van der Waals surface area (Å²) in [6.07, 6.45) is 0. The number of nitrogens with one attached hydrogen (secondary N) is 1. The molecule has 38 heavy (non-hydrogen) atoms. The van der Waals surface area contributed by atoms with Crippen LogP contribution in [0.1, 0.15) is 0 Å². The topological polar surface area (TPSA) is 25.2 Å². The van der Waals surface area contributed by atoms with Gasteiger partial charge in [-0.05, 0) is 56.3 Å². The summed E-state index contributed by atoms with van der Waals surface area (Å²) in [4.78, 5) is 0. The molecule has 0 spiro atoms. The van der Waals surface area contributed by atoms with Crippen molar-refractivity contribution in [2.24, 2.45) is 0 Å². The normalized spacial score (nSPS) is 11.7. The molecule has 0 bridgehead atoms. The van der Waals surface area contributed by atoms with Crippen LogP contribution in [0.4, 0.5) is 11.4 Å². The van der Waals surface area contributed by atoms with Crippen LogP contribution >= 0.6 is 0 Å². The third kappa shape index (κ3) is 3.14. The average Bonchev–Trinajstić information content (AvgIpc) is 3.37. The van der Waals surface area contributed by atoms with Crippen LogP contribution in [0.5, 0.6) is 0 Å². The lowest BCUT2D eigenvalue weighted by atomic mass is 9.93. The van der Waals surface area contributed by atoms with Crippen molar-refractivity contribution in [1.29, 1.82) is 0 Å². The Morgan fingerprint density at radius 1 is 0.395 bits per heavy atom. The van der Waals surface area contributed by atoms with Crippen molar-refractivity contribution >= 4 is 65.6 Å². The Balaban J connectivity index is 1.31. The summed E-state index contributed by atoms with van der Waals surface area (Å²) in [6, 6.07) is 47.2. The maximum Gasteiger partial charge on any atom is 0.158 e. The lowest BCUT2D eigenvalue weighted by Crippen LogP contribution is -1.93. The molecule has 0 saturated carbocycles. The first-order valence-electron chi connectivity index (χ1n) is 12.9. The van der Waals surface area contributed by atoms with E-state index in [0.717, 1.165) is 33.3 Å². The van der Waals surface area contributed by atoms with E-state index in [1.165, 1.54) is 43.4 Å². The van der Waals surface area contributed by atoms with Crippen LogP contribution in [-0.2, 0) is 0 Å². The molecule has 0 radical (unpaired) electrons. The van der Waals surface area contributed by atoms with Gasteiger partial charge in [0.15, 0.2) is 5.58 Å². The van der Waals surface area contributed by atoms with Gasteiger partial charge in [0.1, 0.15) is 5.58 Å². The average molecular weight is 486 g/mol. The first-order chi connectivity index (χ1) is 18.8. The van der Waals surface area contributed by atoms with Crippen molar-refractivity contribution in [1.82, 2.24) is 0 Å². The standard InChI is InChI=1S/C36H23NO/c1-3-12-25-23(9-1)11-7-16-27(25)29-20-21-32(30-15-6-5-14-28(29)30)37-33-18-8-17-31-35-26-13-4-2-10-24(26)19-22-34(35)38-36(31)33/h1-22,37H. The molecule has 8 rings (SSSR count). The highest BCUT2D eigenvalue weighted by molar-refractivity contribution is 6.21. The van der Waals surface area contributed by atoms with E-state index in [0.29, 0.717) is 0 Å². The minimum atomic E-state index is 0.876. The van der Waals surface area contributed by atoms with E-state index in [4.69, 9.17) is 4.42 Å². The van der Waals surface area contributed by atoms with E-state index in [-0.39, 0.29) is 0 Å². The second-order valence-corrected chi connectivity index (χ2v) is 9.80. The van der Waals surface area contributed by atoms with E-state index in [1.54, 1.807) is 0 Å². The smallest absolute Gasteiger partial charge is 0.158 e. The number of para-hydroxylation sites is 1. The highest BCUT2D eigenvalue weighted by atomic mass is 16.3. The molecular formula is C36H23NO. The number of hydrogen-bond acceptors (Lipinski definition) is 2. The third-order valence-electron chi connectivity index (χ3n) is 7.66. The summed E-state index contributed by atoms with van der Waals surface area (Å²) >= 11 is 0. The van der Waals surface area contributed by atoms with Gasteiger partial charge in [0.2, 0.25) is 0 Å². The molecular weight excluding hydrogens is 462 g/mol. The van der Waals surface area contributed by atoms with Gasteiger partial charge < -0.3 is 9.73 Å². The first-order valence-corrected chi connectivity index (χ1v) is 12.9. The molecule has 0 aliphatic rings. The maximum atomic E-state index is 6.45. The van der Waals surface area contributed by atoms with Gasteiger partial charge in [0, 0.05) is 21.8 Å². The van der Waals surface area contributed by atoms with Gasteiger partial charge in [-0.1, -0.05) is 115 Å². The summed E-state index contributed by atoms with van der Waals surface area (Å²) in [5, 5.41) is 13.4. The molecule has 0 amide bonds. The predicted molar refractivity (Wildman–Crippen MR) is 161 cm³/mol. The van der Waals surface area contributed by atoms with Crippen LogP contribution < -0.4 is 5.32 Å². The molecule has 7 aromatic carbocycles. The van der Waals surface area contributed by atoms with Crippen molar-refractivity contribution in [2.75, 3.05) is 5.32 Å². The van der Waals surface area contributed by atoms with Crippen molar-refractivity contribution in [2.45, 2.75) is 0 Å². The zero-order chi connectivity index (χ0) is 25.1. The Morgan fingerprint density at radius 2 is 1.03 bits per heavy atom. The fourth-order valence-electron chi connectivity index (χ4n) is 5.91. The quantitative estimate of drug-likeness (QED) is 0.269. The van der Waals surface area contributed by atoms with E-state index in [1.807, 2.05) is 0 Å². The fourth-order valence-corrected chi connectivity index (χ4v) is 5.91. The van der Waals surface area contributed by atoms with Crippen LogP contribution in [0.15, 0.2) is 138 Å². The molecule has 2 heteroatoms. The minimum absolute atomic E-state index is 0.876. The van der Waals surface area contributed by atoms with Crippen LogP contribution in [0, 0.1) is 0 Å². The van der Waals surface area contributed by atoms with Crippen LogP contribution in [0.2, 0.25) is 0 Å². The highest BCUT2D eigenvalue weighted by Gasteiger charge is 2.15. The summed E-state index contributed by atoms with van der Waals surface area (Å²) in [6.45, 7) is 0. The van der Waals surface area contributed by atoms with Crippen molar-refractivity contribution in [3.05, 3.63) is 133 Å². The summed E-state index contributed by atoms with van der Waals surface area (Å²) in [5.41, 5.74) is 6.28. The van der Waals surface area contributed by atoms with Gasteiger partial charge in [0.05, 0.1) is 5.69 Å². The molecule has 0 saturated heterocycles. The van der Waals surface area contributed by atoms with Gasteiger partial charge in [-0.15, -0.1) is 0 Å². The van der Waals surface area contributed by atoms with E-state index >= 15 is 0 Å². The highest BCUT2D eigenvalue weighted by Crippen LogP contribution is 2.41. The Labute approximate surface area is 219 Å². The molecule has 0 atom stereocenters. The SMILES string of the molecule is c1ccc2c(-c3ccc(Nc4cccc5c4oc4ccc6ccccc6c45)c4ccccc34)cccc2c1. The van der Waals surface area contributed by atoms with Crippen molar-refractivity contribution in [3.8, 4) is 11.1 Å². The number of hydrogen-bond donors (Lipinski definition) is 1. The summed E-state index contributed by atoms with van der Waals surface area (Å²) in [7, 11) is 0. The van der Waals surface area contributed by atoms with E-state index < -0.39 is 0 Å². The van der Waals surface area contributed by atoms with Gasteiger partial charge in [-0.2, -0.15) is 0 Å². The van der Waals surface area contributed by atoms with Crippen molar-refractivity contribution in [3.63, 3.8) is 0 Å². The zero-order valence-electron chi connectivity index (χ0n) is 20.6. The molecule has 8 aromatic rings. The number of furan rings is 1. The predicted octanol–water partition coefficient (Wildman–Crippen LogP) is 10.5. The number of anilines is 2. The largest absolute Gasteiger partial charge is 0.454 e. The van der Waals surface area contributed by atoms with Gasteiger partial charge >= 0.3 is 0 Å². The Bertz CT molecular complexity index is 2160. The molecule has 2 nitrogen and oxygen atoms in total. The van der Waals surface area contributed by atoms with Gasteiger partial charge in [-0.3, -0.25) is 0 Å². The first kappa shape index (κ1) is 21.0. The molecule has 1 aromatic heterocycles. The van der Waals surface area contributed by atoms with E-state index in [2.05, 4.69) is 139 Å².